The number of hydrogen-bond donors (Lipinski definition) is 2. The van der Waals surface area contributed by atoms with E-state index in [0.717, 1.165) is 0 Å². The van der Waals surface area contributed by atoms with Gasteiger partial charge >= 0.3 is 5.97 Å². The maximum Gasteiger partial charge on any atom is 0.339 e. The standard InChI is InChI=1S/C13H12BrN3O3/c1-2-20-11-4-3-9(7-15-11)17-12-10(13(18)19)5-8(14)6-16-12/h3-7H,2H2,1H3,(H,16,17)(H,18,19). The van der Waals surface area contributed by atoms with Crippen LogP contribution in [0.3, 0.4) is 0 Å². The smallest absolute Gasteiger partial charge is 0.339 e. The molecule has 2 heterocycles. The SMILES string of the molecule is CCOc1ccc(Nc2ncc(Br)cc2C(=O)O)cn1. The van der Waals surface area contributed by atoms with Crippen molar-refractivity contribution in [2.45, 2.75) is 6.92 Å². The monoisotopic (exact) mass is 337 g/mol. The van der Waals surface area contributed by atoms with Crippen LogP contribution in [0.25, 0.3) is 0 Å². The Kier molecular flexibility index (Phi) is 4.52. The number of rotatable bonds is 5. The lowest BCUT2D eigenvalue weighted by molar-refractivity contribution is 0.0697. The zero-order valence-electron chi connectivity index (χ0n) is 10.6. The third-order valence-electron chi connectivity index (χ3n) is 2.38. The third-order valence-corrected chi connectivity index (χ3v) is 2.81. The summed E-state index contributed by atoms with van der Waals surface area (Å²) in [6.45, 7) is 2.41. The van der Waals surface area contributed by atoms with E-state index in [2.05, 4.69) is 31.2 Å². The van der Waals surface area contributed by atoms with Gasteiger partial charge in [-0.3, -0.25) is 0 Å². The van der Waals surface area contributed by atoms with E-state index in [1.807, 2.05) is 6.92 Å². The van der Waals surface area contributed by atoms with Crippen LogP contribution in [0.1, 0.15) is 17.3 Å². The van der Waals surface area contributed by atoms with Gasteiger partial charge in [-0.05, 0) is 35.0 Å². The second-order valence-corrected chi connectivity index (χ2v) is 4.71. The molecular weight excluding hydrogens is 326 g/mol. The highest BCUT2D eigenvalue weighted by atomic mass is 79.9. The Labute approximate surface area is 124 Å². The molecule has 2 aromatic heterocycles. The van der Waals surface area contributed by atoms with Gasteiger partial charge in [0.25, 0.3) is 0 Å². The zero-order chi connectivity index (χ0) is 14.5. The van der Waals surface area contributed by atoms with Crippen LogP contribution in [0.15, 0.2) is 35.1 Å². The minimum Gasteiger partial charge on any atom is -0.478 e. The van der Waals surface area contributed by atoms with Crippen LogP contribution in [0.5, 0.6) is 5.88 Å². The number of nitrogens with zero attached hydrogens (tertiary/aromatic N) is 2. The Bertz CT molecular complexity index is 617. The van der Waals surface area contributed by atoms with Gasteiger partial charge in [-0.2, -0.15) is 0 Å². The van der Waals surface area contributed by atoms with Crippen molar-refractivity contribution in [2.75, 3.05) is 11.9 Å². The van der Waals surface area contributed by atoms with E-state index < -0.39 is 5.97 Å². The predicted molar refractivity (Wildman–Crippen MR) is 77.6 cm³/mol. The van der Waals surface area contributed by atoms with Gasteiger partial charge in [-0.15, -0.1) is 0 Å². The Balaban J connectivity index is 2.23. The molecule has 0 spiro atoms. The summed E-state index contributed by atoms with van der Waals surface area (Å²) in [6.07, 6.45) is 3.08. The largest absolute Gasteiger partial charge is 0.478 e. The number of aromatic nitrogens is 2. The van der Waals surface area contributed by atoms with E-state index >= 15 is 0 Å². The molecule has 0 radical (unpaired) electrons. The summed E-state index contributed by atoms with van der Waals surface area (Å²) in [5.74, 6) is -0.285. The molecule has 0 aliphatic heterocycles. The molecule has 0 atom stereocenters. The molecule has 0 amide bonds. The van der Waals surface area contributed by atoms with E-state index in [4.69, 9.17) is 9.84 Å². The number of carbonyl (C=O) groups is 1. The molecule has 0 fully saturated rings. The Hall–Kier alpha value is -2.15. The highest BCUT2D eigenvalue weighted by molar-refractivity contribution is 9.10. The molecule has 6 nitrogen and oxygen atoms in total. The highest BCUT2D eigenvalue weighted by Crippen LogP contribution is 2.22. The van der Waals surface area contributed by atoms with Gasteiger partial charge in [0.2, 0.25) is 5.88 Å². The number of pyridine rings is 2. The van der Waals surface area contributed by atoms with E-state index in [9.17, 15) is 4.79 Å². The number of aromatic carboxylic acids is 1. The van der Waals surface area contributed by atoms with Crippen LogP contribution in [0.2, 0.25) is 0 Å². The van der Waals surface area contributed by atoms with Crippen LogP contribution >= 0.6 is 15.9 Å². The summed E-state index contributed by atoms with van der Waals surface area (Å²) in [5.41, 5.74) is 0.707. The molecular formula is C13H12BrN3O3. The van der Waals surface area contributed by atoms with Crippen molar-refractivity contribution in [3.63, 3.8) is 0 Å². The van der Waals surface area contributed by atoms with Gasteiger partial charge in [0.05, 0.1) is 18.5 Å². The first kappa shape index (κ1) is 14.3. The Morgan fingerprint density at radius 3 is 2.80 bits per heavy atom. The lowest BCUT2D eigenvalue weighted by atomic mass is 10.2. The fourth-order valence-corrected chi connectivity index (χ4v) is 1.86. The minimum atomic E-state index is -1.06. The minimum absolute atomic E-state index is 0.0771. The van der Waals surface area contributed by atoms with Gasteiger partial charge in [-0.25, -0.2) is 14.8 Å². The van der Waals surface area contributed by atoms with E-state index in [1.54, 1.807) is 18.3 Å². The van der Waals surface area contributed by atoms with Crippen LogP contribution in [-0.4, -0.2) is 27.7 Å². The van der Waals surface area contributed by atoms with Crippen molar-refractivity contribution in [3.8, 4) is 5.88 Å². The molecule has 20 heavy (non-hydrogen) atoms. The molecule has 2 rings (SSSR count). The second kappa shape index (κ2) is 6.33. The predicted octanol–water partition coefficient (Wildman–Crippen LogP) is 3.08. The lowest BCUT2D eigenvalue weighted by Gasteiger charge is -2.09. The fourth-order valence-electron chi connectivity index (χ4n) is 1.53. The lowest BCUT2D eigenvalue weighted by Crippen LogP contribution is -2.05. The molecule has 2 N–H and O–H groups in total. The number of hydrogen-bond acceptors (Lipinski definition) is 5. The molecule has 0 aromatic carbocycles. The average Bonchev–Trinajstić information content (AvgIpc) is 2.43. The molecule has 0 aliphatic rings. The maximum absolute atomic E-state index is 11.2. The summed E-state index contributed by atoms with van der Waals surface area (Å²) < 4.78 is 5.84. The number of ether oxygens (including phenoxy) is 1. The Morgan fingerprint density at radius 2 is 2.20 bits per heavy atom. The molecule has 2 aromatic rings. The summed E-state index contributed by atoms with van der Waals surface area (Å²) in [5, 5.41) is 12.1. The summed E-state index contributed by atoms with van der Waals surface area (Å²) in [4.78, 5) is 19.3. The third kappa shape index (κ3) is 3.45. The van der Waals surface area contributed by atoms with Crippen LogP contribution in [-0.2, 0) is 0 Å². The van der Waals surface area contributed by atoms with Crippen molar-refractivity contribution in [2.24, 2.45) is 0 Å². The van der Waals surface area contributed by atoms with Crippen molar-refractivity contribution >= 4 is 33.4 Å². The topological polar surface area (TPSA) is 84.3 Å². The molecule has 0 bridgehead atoms. The van der Waals surface area contributed by atoms with Crippen molar-refractivity contribution in [1.29, 1.82) is 0 Å². The second-order valence-electron chi connectivity index (χ2n) is 3.80. The normalized spacial score (nSPS) is 10.1. The van der Waals surface area contributed by atoms with Gasteiger partial charge in [0.1, 0.15) is 11.4 Å². The van der Waals surface area contributed by atoms with Crippen molar-refractivity contribution in [1.82, 2.24) is 9.97 Å². The number of carboxylic acid groups (broad SMARTS) is 1. The number of halogens is 1. The first-order valence-corrected chi connectivity index (χ1v) is 6.64. The molecule has 0 saturated carbocycles. The van der Waals surface area contributed by atoms with E-state index in [0.29, 0.717) is 22.6 Å². The van der Waals surface area contributed by atoms with E-state index in [1.165, 1.54) is 12.3 Å². The molecule has 0 saturated heterocycles. The summed E-state index contributed by atoms with van der Waals surface area (Å²) in [6, 6.07) is 4.93. The summed E-state index contributed by atoms with van der Waals surface area (Å²) >= 11 is 3.19. The van der Waals surface area contributed by atoms with Gasteiger partial charge < -0.3 is 15.2 Å². The quantitative estimate of drug-likeness (QED) is 0.872. The average molecular weight is 338 g/mol. The molecule has 0 unspecified atom stereocenters. The first-order chi connectivity index (χ1) is 9.60. The fraction of sp³-hybridized carbons (Fsp3) is 0.154. The van der Waals surface area contributed by atoms with E-state index in [-0.39, 0.29) is 11.4 Å². The number of anilines is 2. The van der Waals surface area contributed by atoms with Crippen molar-refractivity contribution < 1.29 is 14.6 Å². The van der Waals surface area contributed by atoms with Gasteiger partial charge in [0, 0.05) is 16.7 Å². The molecule has 0 aliphatic carbocycles. The summed E-state index contributed by atoms with van der Waals surface area (Å²) in [7, 11) is 0. The van der Waals surface area contributed by atoms with Gasteiger partial charge in [-0.1, -0.05) is 0 Å². The first-order valence-electron chi connectivity index (χ1n) is 5.85. The Morgan fingerprint density at radius 1 is 1.40 bits per heavy atom. The highest BCUT2D eigenvalue weighted by Gasteiger charge is 2.12. The molecule has 104 valence electrons. The molecule has 7 heteroatoms. The van der Waals surface area contributed by atoms with Crippen LogP contribution < -0.4 is 10.1 Å². The number of nitrogens with one attached hydrogen (secondary N) is 1. The van der Waals surface area contributed by atoms with Gasteiger partial charge in [0.15, 0.2) is 0 Å². The number of carboxylic acids is 1. The van der Waals surface area contributed by atoms with Crippen LogP contribution in [0.4, 0.5) is 11.5 Å². The zero-order valence-corrected chi connectivity index (χ0v) is 12.2. The maximum atomic E-state index is 11.2. The van der Waals surface area contributed by atoms with Crippen LogP contribution in [0, 0.1) is 0 Å². The van der Waals surface area contributed by atoms with Crippen molar-refractivity contribution in [3.05, 3.63) is 40.6 Å².